The standard InChI is InChI=1S/C30H37N5O2S/c1-21(2)34-14-16-35(17-15-34)26-10-8-24(9-11-26)25-18-28(30-29(19-25)33(4)22(3)32-30)31-20-23-6-12-27(13-7-23)38(5,36)37/h6-13,18-19,21,31H,14-17,20H2,1-5H3. The molecule has 0 radical (unpaired) electrons. The number of imidazole rings is 1. The van der Waals surface area contributed by atoms with Crippen LogP contribution in [-0.4, -0.2) is 61.3 Å². The largest absolute Gasteiger partial charge is 0.379 e. The number of rotatable bonds is 7. The number of hydrogen-bond donors (Lipinski definition) is 1. The summed E-state index contributed by atoms with van der Waals surface area (Å²) in [5.74, 6) is 0.952. The van der Waals surface area contributed by atoms with E-state index in [0.717, 1.165) is 65.4 Å². The Balaban J connectivity index is 1.39. The van der Waals surface area contributed by atoms with Crippen LogP contribution in [0.4, 0.5) is 11.4 Å². The number of nitrogens with one attached hydrogen (secondary N) is 1. The van der Waals surface area contributed by atoms with Crippen molar-refractivity contribution in [2.24, 2.45) is 7.05 Å². The van der Waals surface area contributed by atoms with Crippen molar-refractivity contribution >= 4 is 32.2 Å². The van der Waals surface area contributed by atoms with Crippen molar-refractivity contribution in [2.45, 2.75) is 38.3 Å². The fourth-order valence-electron chi connectivity index (χ4n) is 5.12. The molecule has 7 nitrogen and oxygen atoms in total. The highest BCUT2D eigenvalue weighted by molar-refractivity contribution is 7.90. The van der Waals surface area contributed by atoms with E-state index in [2.05, 4.69) is 69.9 Å². The van der Waals surface area contributed by atoms with Crippen molar-refractivity contribution in [2.75, 3.05) is 42.7 Å². The van der Waals surface area contributed by atoms with E-state index in [4.69, 9.17) is 4.98 Å². The normalized spacial score (nSPS) is 14.9. The maximum Gasteiger partial charge on any atom is 0.175 e. The van der Waals surface area contributed by atoms with E-state index in [-0.39, 0.29) is 0 Å². The van der Waals surface area contributed by atoms with Gasteiger partial charge in [-0.2, -0.15) is 0 Å². The molecule has 3 aromatic carbocycles. The number of sulfone groups is 1. The predicted molar refractivity (Wildman–Crippen MR) is 157 cm³/mol. The lowest BCUT2D eigenvalue weighted by molar-refractivity contribution is 0.209. The summed E-state index contributed by atoms with van der Waals surface area (Å²) < 4.78 is 25.7. The molecular weight excluding hydrogens is 494 g/mol. The zero-order chi connectivity index (χ0) is 27.0. The average Bonchev–Trinajstić information content (AvgIpc) is 3.20. The van der Waals surface area contributed by atoms with Crippen molar-refractivity contribution in [3.8, 4) is 11.1 Å². The van der Waals surface area contributed by atoms with Gasteiger partial charge < -0.3 is 14.8 Å². The molecule has 2 heterocycles. The summed E-state index contributed by atoms with van der Waals surface area (Å²) in [5.41, 5.74) is 7.53. The first-order valence-electron chi connectivity index (χ1n) is 13.2. The minimum Gasteiger partial charge on any atom is -0.379 e. The van der Waals surface area contributed by atoms with Crippen LogP contribution >= 0.6 is 0 Å². The van der Waals surface area contributed by atoms with E-state index in [0.29, 0.717) is 17.5 Å². The number of anilines is 2. The van der Waals surface area contributed by atoms with E-state index >= 15 is 0 Å². The van der Waals surface area contributed by atoms with Crippen LogP contribution in [0.3, 0.4) is 0 Å². The summed E-state index contributed by atoms with van der Waals surface area (Å²) in [4.78, 5) is 10.1. The molecule has 0 unspecified atom stereocenters. The van der Waals surface area contributed by atoms with Gasteiger partial charge in [-0.05, 0) is 73.9 Å². The van der Waals surface area contributed by atoms with Gasteiger partial charge in [0.05, 0.1) is 16.1 Å². The van der Waals surface area contributed by atoms with E-state index in [1.54, 1.807) is 12.1 Å². The maximum atomic E-state index is 11.8. The molecule has 1 aliphatic heterocycles. The third-order valence-electron chi connectivity index (χ3n) is 7.65. The maximum absolute atomic E-state index is 11.8. The minimum absolute atomic E-state index is 0.330. The lowest BCUT2D eigenvalue weighted by Crippen LogP contribution is -2.48. The molecule has 38 heavy (non-hydrogen) atoms. The van der Waals surface area contributed by atoms with Gasteiger partial charge in [0, 0.05) is 57.8 Å². The first-order chi connectivity index (χ1) is 18.1. The Hall–Kier alpha value is -3.36. The number of aromatic nitrogens is 2. The van der Waals surface area contributed by atoms with Crippen LogP contribution < -0.4 is 10.2 Å². The highest BCUT2D eigenvalue weighted by Gasteiger charge is 2.19. The van der Waals surface area contributed by atoms with Crippen LogP contribution in [0, 0.1) is 6.92 Å². The molecule has 1 fully saturated rings. The first kappa shape index (κ1) is 26.3. The lowest BCUT2D eigenvalue weighted by atomic mass is 10.0. The SMILES string of the molecule is Cc1nc2c(NCc3ccc(S(C)(=O)=O)cc3)cc(-c3ccc(N4CCN(C(C)C)CC4)cc3)cc2n1C. The average molecular weight is 532 g/mol. The van der Waals surface area contributed by atoms with E-state index in [1.165, 1.54) is 11.9 Å². The van der Waals surface area contributed by atoms with Gasteiger partial charge in [-0.3, -0.25) is 4.90 Å². The Morgan fingerprint density at radius 2 is 1.58 bits per heavy atom. The predicted octanol–water partition coefficient (Wildman–Crippen LogP) is 5.09. The lowest BCUT2D eigenvalue weighted by Gasteiger charge is -2.38. The van der Waals surface area contributed by atoms with Crippen LogP contribution in [0.1, 0.15) is 25.2 Å². The van der Waals surface area contributed by atoms with Crippen molar-refractivity contribution in [3.63, 3.8) is 0 Å². The van der Waals surface area contributed by atoms with Gasteiger partial charge in [-0.25, -0.2) is 13.4 Å². The van der Waals surface area contributed by atoms with Crippen LogP contribution in [0.15, 0.2) is 65.6 Å². The molecule has 1 saturated heterocycles. The van der Waals surface area contributed by atoms with Crippen molar-refractivity contribution in [1.29, 1.82) is 0 Å². The third-order valence-corrected chi connectivity index (χ3v) is 8.78. The summed E-state index contributed by atoms with van der Waals surface area (Å²) in [6.45, 7) is 11.4. The van der Waals surface area contributed by atoms with Crippen LogP contribution in [0.25, 0.3) is 22.2 Å². The molecule has 5 rings (SSSR count). The molecule has 0 bridgehead atoms. The van der Waals surface area contributed by atoms with Crippen LogP contribution in [0.5, 0.6) is 0 Å². The topological polar surface area (TPSA) is 70.5 Å². The Morgan fingerprint density at radius 3 is 2.18 bits per heavy atom. The molecule has 8 heteroatoms. The highest BCUT2D eigenvalue weighted by atomic mass is 32.2. The smallest absolute Gasteiger partial charge is 0.175 e. The van der Waals surface area contributed by atoms with Gasteiger partial charge in [-0.15, -0.1) is 0 Å². The number of piperazine rings is 1. The van der Waals surface area contributed by atoms with E-state index in [9.17, 15) is 8.42 Å². The van der Waals surface area contributed by atoms with Crippen molar-refractivity contribution < 1.29 is 8.42 Å². The van der Waals surface area contributed by atoms with Crippen molar-refractivity contribution in [1.82, 2.24) is 14.5 Å². The van der Waals surface area contributed by atoms with E-state index < -0.39 is 9.84 Å². The zero-order valence-electron chi connectivity index (χ0n) is 22.9. The molecule has 1 aromatic heterocycles. The van der Waals surface area contributed by atoms with Gasteiger partial charge in [0.2, 0.25) is 0 Å². The van der Waals surface area contributed by atoms with Gasteiger partial charge >= 0.3 is 0 Å². The quantitative estimate of drug-likeness (QED) is 0.358. The molecule has 1 aliphatic rings. The minimum atomic E-state index is -3.21. The Bertz CT molecular complexity index is 1530. The number of fused-ring (bicyclic) bond motifs is 1. The summed E-state index contributed by atoms with van der Waals surface area (Å²) in [5, 5.41) is 3.55. The molecule has 0 saturated carbocycles. The molecule has 0 aliphatic carbocycles. The van der Waals surface area contributed by atoms with Gasteiger partial charge in [-0.1, -0.05) is 24.3 Å². The number of hydrogen-bond acceptors (Lipinski definition) is 6. The second-order valence-electron chi connectivity index (χ2n) is 10.5. The molecule has 0 spiro atoms. The molecular formula is C30H37N5O2S. The summed E-state index contributed by atoms with van der Waals surface area (Å²) >= 11 is 0. The number of benzene rings is 3. The second-order valence-corrected chi connectivity index (χ2v) is 12.6. The fourth-order valence-corrected chi connectivity index (χ4v) is 5.75. The summed E-state index contributed by atoms with van der Waals surface area (Å²) in [6, 6.07) is 20.9. The van der Waals surface area contributed by atoms with Gasteiger partial charge in [0.25, 0.3) is 0 Å². The van der Waals surface area contributed by atoms with Gasteiger partial charge in [0.15, 0.2) is 9.84 Å². The monoisotopic (exact) mass is 531 g/mol. The van der Waals surface area contributed by atoms with Crippen molar-refractivity contribution in [3.05, 3.63) is 72.1 Å². The molecule has 0 amide bonds. The Labute approximate surface area is 226 Å². The van der Waals surface area contributed by atoms with Crippen LogP contribution in [0.2, 0.25) is 0 Å². The van der Waals surface area contributed by atoms with Gasteiger partial charge in [0.1, 0.15) is 11.3 Å². The van der Waals surface area contributed by atoms with E-state index in [1.807, 2.05) is 26.1 Å². The number of nitrogens with zero attached hydrogens (tertiary/aromatic N) is 4. The fraction of sp³-hybridized carbons (Fsp3) is 0.367. The molecule has 200 valence electrons. The zero-order valence-corrected chi connectivity index (χ0v) is 23.7. The third kappa shape index (κ3) is 5.42. The highest BCUT2D eigenvalue weighted by Crippen LogP contribution is 2.32. The second kappa shape index (κ2) is 10.4. The van der Waals surface area contributed by atoms with Crippen LogP contribution in [-0.2, 0) is 23.4 Å². The first-order valence-corrected chi connectivity index (χ1v) is 15.1. The summed E-state index contributed by atoms with van der Waals surface area (Å²) in [7, 11) is -1.16. The summed E-state index contributed by atoms with van der Waals surface area (Å²) in [6.07, 6.45) is 1.23. The number of aryl methyl sites for hydroxylation is 2. The molecule has 1 N–H and O–H groups in total. The Kier molecular flexibility index (Phi) is 7.20. The Morgan fingerprint density at radius 1 is 0.921 bits per heavy atom. The molecule has 4 aromatic rings. The molecule has 0 atom stereocenters.